The fourth-order valence-corrected chi connectivity index (χ4v) is 4.96. The molecule has 0 aliphatic rings. The van der Waals surface area contributed by atoms with Gasteiger partial charge >= 0.3 is 11.8 Å². The number of hydrogen-bond donors (Lipinski definition) is 0. The van der Waals surface area contributed by atoms with Crippen LogP contribution < -0.4 is 0 Å². The minimum absolute atomic E-state index is 0.340. The van der Waals surface area contributed by atoms with Gasteiger partial charge in [0, 0.05) is 24.6 Å². The molecule has 0 atom stereocenters. The van der Waals surface area contributed by atoms with Crippen LogP contribution in [0.15, 0.2) is 0 Å². The molecule has 0 heterocycles. The molecule has 166 valence electrons. The van der Waals surface area contributed by atoms with Crippen LogP contribution in [0.3, 0.4) is 0 Å². The first kappa shape index (κ1) is 27.6. The second-order valence-corrected chi connectivity index (χ2v) is 9.59. The number of hydrogen-bond acceptors (Lipinski definition) is 4. The first-order valence-electron chi connectivity index (χ1n) is 11.5. The minimum Gasteiger partial charge on any atom is -0.335 e. The molecule has 0 spiro atoms. The highest BCUT2D eigenvalue weighted by atomic mass is 32.2. The third-order valence-electron chi connectivity index (χ3n) is 4.71. The van der Waals surface area contributed by atoms with Crippen LogP contribution in [0.2, 0.25) is 0 Å². The molecule has 2 amide bonds. The Balaban J connectivity index is 4.53. The van der Waals surface area contributed by atoms with Crippen molar-refractivity contribution in [3.05, 3.63) is 0 Å². The first-order chi connectivity index (χ1) is 13.6. The van der Waals surface area contributed by atoms with Crippen molar-refractivity contribution in [1.29, 1.82) is 0 Å². The summed E-state index contributed by atoms with van der Waals surface area (Å²) in [6, 6.07) is 0. The van der Waals surface area contributed by atoms with Crippen LogP contribution in [0, 0.1) is 0 Å². The molecule has 4 nitrogen and oxygen atoms in total. The van der Waals surface area contributed by atoms with Gasteiger partial charge in [0.15, 0.2) is 0 Å². The quantitative estimate of drug-likeness (QED) is 0.137. The Morgan fingerprint density at radius 3 is 1.57 bits per heavy atom. The molecule has 0 bridgehead atoms. The Morgan fingerprint density at radius 1 is 0.607 bits per heavy atom. The molecule has 0 saturated heterocycles. The summed E-state index contributed by atoms with van der Waals surface area (Å²) in [6.07, 6.45) is 14.2. The molecule has 0 aliphatic heterocycles. The Bertz CT molecular complexity index is 395. The lowest BCUT2D eigenvalue weighted by Crippen LogP contribution is -2.41. The van der Waals surface area contributed by atoms with E-state index in [0.29, 0.717) is 13.1 Å². The summed E-state index contributed by atoms with van der Waals surface area (Å²) < 4.78 is 1.68. The standard InChI is InChI=1S/C22H44N2O2S2/c1-5-9-12-14-15-17-20-28-24(27-19-16-13-10-6-2)22(26)21(25)23(8-4)18-11-7-3/h5-20H2,1-4H3. The number of rotatable bonds is 18. The molecule has 0 fully saturated rings. The lowest BCUT2D eigenvalue weighted by molar-refractivity contribution is -0.146. The monoisotopic (exact) mass is 432 g/mol. The largest absolute Gasteiger partial charge is 0.335 e. The van der Waals surface area contributed by atoms with Gasteiger partial charge in [0.25, 0.3) is 0 Å². The number of likely N-dealkylation sites (N-methyl/N-ethyl adjacent to an activating group) is 1. The molecule has 0 unspecified atom stereocenters. The van der Waals surface area contributed by atoms with Crippen LogP contribution >= 0.6 is 23.9 Å². The maximum atomic E-state index is 12.8. The molecule has 0 aromatic rings. The Kier molecular flexibility index (Phi) is 19.7. The van der Waals surface area contributed by atoms with E-state index in [1.807, 2.05) is 6.92 Å². The van der Waals surface area contributed by atoms with E-state index in [-0.39, 0.29) is 11.8 Å². The third kappa shape index (κ3) is 13.8. The van der Waals surface area contributed by atoms with E-state index in [2.05, 4.69) is 20.8 Å². The Labute approximate surface area is 183 Å². The Hall–Kier alpha value is -0.360. The average molecular weight is 433 g/mol. The minimum atomic E-state index is -0.352. The summed E-state index contributed by atoms with van der Waals surface area (Å²) in [7, 11) is 0. The molecule has 6 heteroatoms. The highest BCUT2D eigenvalue weighted by molar-refractivity contribution is 8.12. The van der Waals surface area contributed by atoms with Crippen molar-refractivity contribution in [2.75, 3.05) is 24.6 Å². The van der Waals surface area contributed by atoms with Crippen molar-refractivity contribution >= 4 is 35.7 Å². The maximum absolute atomic E-state index is 12.8. The summed E-state index contributed by atoms with van der Waals surface area (Å²) in [5.41, 5.74) is 0. The highest BCUT2D eigenvalue weighted by Crippen LogP contribution is 2.25. The van der Waals surface area contributed by atoms with E-state index >= 15 is 0 Å². The van der Waals surface area contributed by atoms with Gasteiger partial charge in [0.05, 0.1) is 0 Å². The lowest BCUT2D eigenvalue weighted by Gasteiger charge is -2.24. The Morgan fingerprint density at radius 2 is 1.07 bits per heavy atom. The van der Waals surface area contributed by atoms with E-state index in [4.69, 9.17) is 0 Å². The zero-order chi connectivity index (χ0) is 21.0. The van der Waals surface area contributed by atoms with Gasteiger partial charge in [-0.2, -0.15) is 0 Å². The van der Waals surface area contributed by atoms with Gasteiger partial charge < -0.3 is 4.90 Å². The van der Waals surface area contributed by atoms with Gasteiger partial charge in [-0.1, -0.05) is 78.6 Å². The second-order valence-electron chi connectivity index (χ2n) is 7.30. The van der Waals surface area contributed by atoms with E-state index in [9.17, 15) is 9.59 Å². The molecule has 0 radical (unpaired) electrons. The molecular formula is C22H44N2O2S2. The number of unbranched alkanes of at least 4 members (excludes halogenated alkanes) is 9. The highest BCUT2D eigenvalue weighted by Gasteiger charge is 2.27. The van der Waals surface area contributed by atoms with Crippen LogP contribution in [0.25, 0.3) is 0 Å². The van der Waals surface area contributed by atoms with Crippen LogP contribution in [-0.2, 0) is 9.59 Å². The fourth-order valence-electron chi connectivity index (χ4n) is 2.83. The zero-order valence-corrected chi connectivity index (χ0v) is 20.5. The summed E-state index contributed by atoms with van der Waals surface area (Å²) in [5, 5.41) is 0. The van der Waals surface area contributed by atoms with E-state index in [1.165, 1.54) is 75.3 Å². The van der Waals surface area contributed by atoms with Crippen LogP contribution in [0.1, 0.15) is 105 Å². The predicted molar refractivity (Wildman–Crippen MR) is 126 cm³/mol. The third-order valence-corrected chi connectivity index (χ3v) is 7.09. The number of amides is 2. The molecule has 0 aliphatic carbocycles. The lowest BCUT2D eigenvalue weighted by atomic mass is 10.1. The van der Waals surface area contributed by atoms with Crippen LogP contribution in [0.4, 0.5) is 0 Å². The summed E-state index contributed by atoms with van der Waals surface area (Å²) in [6.45, 7) is 9.76. The van der Waals surface area contributed by atoms with Gasteiger partial charge in [0.2, 0.25) is 0 Å². The summed E-state index contributed by atoms with van der Waals surface area (Å²) in [4.78, 5) is 27.2. The van der Waals surface area contributed by atoms with E-state index in [0.717, 1.165) is 37.2 Å². The van der Waals surface area contributed by atoms with Crippen molar-refractivity contribution in [2.45, 2.75) is 105 Å². The van der Waals surface area contributed by atoms with Crippen molar-refractivity contribution in [3.8, 4) is 0 Å². The molecule has 0 N–H and O–H groups in total. The molecule has 0 aromatic carbocycles. The van der Waals surface area contributed by atoms with Gasteiger partial charge in [-0.15, -0.1) is 0 Å². The summed E-state index contributed by atoms with van der Waals surface area (Å²) in [5.74, 6) is 1.12. The predicted octanol–water partition coefficient (Wildman–Crippen LogP) is 6.70. The van der Waals surface area contributed by atoms with Crippen molar-refractivity contribution in [1.82, 2.24) is 8.61 Å². The fraction of sp³-hybridized carbons (Fsp3) is 0.909. The molecular weight excluding hydrogens is 388 g/mol. The number of carbonyl (C=O) groups is 2. The summed E-state index contributed by atoms with van der Waals surface area (Å²) >= 11 is 3.07. The van der Waals surface area contributed by atoms with E-state index < -0.39 is 0 Å². The molecule has 28 heavy (non-hydrogen) atoms. The normalized spacial score (nSPS) is 10.9. The second kappa shape index (κ2) is 19.9. The van der Waals surface area contributed by atoms with Crippen LogP contribution in [-0.4, -0.2) is 45.0 Å². The maximum Gasteiger partial charge on any atom is 0.332 e. The van der Waals surface area contributed by atoms with Crippen LogP contribution in [0.5, 0.6) is 0 Å². The SMILES string of the molecule is CCCCCCCCSN(SCCCCCC)C(=O)C(=O)N(CC)CCCC. The number of carbonyl (C=O) groups excluding carboxylic acids is 2. The van der Waals surface area contributed by atoms with Gasteiger partial charge in [-0.25, -0.2) is 3.71 Å². The van der Waals surface area contributed by atoms with Crippen molar-refractivity contribution in [3.63, 3.8) is 0 Å². The molecule has 0 rings (SSSR count). The first-order valence-corrected chi connectivity index (χ1v) is 13.4. The topological polar surface area (TPSA) is 40.6 Å². The smallest absolute Gasteiger partial charge is 0.332 e. The zero-order valence-electron chi connectivity index (χ0n) is 18.8. The van der Waals surface area contributed by atoms with Crippen molar-refractivity contribution in [2.24, 2.45) is 0 Å². The van der Waals surface area contributed by atoms with E-state index in [1.54, 1.807) is 8.61 Å². The van der Waals surface area contributed by atoms with Gasteiger partial charge in [-0.3, -0.25) is 9.59 Å². The molecule has 0 saturated carbocycles. The van der Waals surface area contributed by atoms with Gasteiger partial charge in [-0.05, 0) is 50.1 Å². The average Bonchev–Trinajstić information content (AvgIpc) is 2.71. The van der Waals surface area contributed by atoms with Crippen molar-refractivity contribution < 1.29 is 9.59 Å². The number of nitrogens with zero attached hydrogens (tertiary/aromatic N) is 2. The van der Waals surface area contributed by atoms with Gasteiger partial charge in [0.1, 0.15) is 0 Å². The molecule has 0 aromatic heterocycles.